The van der Waals surface area contributed by atoms with E-state index in [1.165, 1.54) is 17.7 Å². The van der Waals surface area contributed by atoms with Crippen LogP contribution < -0.4 is 10.1 Å². The first kappa shape index (κ1) is 12.2. The zero-order valence-electron chi connectivity index (χ0n) is 10.6. The Hall–Kier alpha value is -1.88. The van der Waals surface area contributed by atoms with Crippen LogP contribution in [0, 0.1) is 0 Å². The molecular weight excluding hydrogens is 260 g/mol. The van der Waals surface area contributed by atoms with Crippen LogP contribution in [0.5, 0.6) is 5.75 Å². The highest BCUT2D eigenvalue weighted by Crippen LogP contribution is 2.43. The molecule has 1 aliphatic carbocycles. The number of nitrogens with zero attached hydrogens (tertiary/aromatic N) is 1. The van der Waals surface area contributed by atoms with E-state index in [1.807, 2.05) is 18.3 Å². The van der Waals surface area contributed by atoms with Gasteiger partial charge in [-0.15, -0.1) is 11.3 Å². The normalized spacial score (nSPS) is 14.2. The van der Waals surface area contributed by atoms with Crippen molar-refractivity contribution in [2.24, 2.45) is 0 Å². The minimum atomic E-state index is -0.186. The molecule has 1 fully saturated rings. The van der Waals surface area contributed by atoms with Gasteiger partial charge in [0, 0.05) is 11.1 Å². The smallest absolute Gasteiger partial charge is 0.261 e. The van der Waals surface area contributed by atoms with Crippen molar-refractivity contribution in [3.63, 3.8) is 0 Å². The number of carbonyl (C=O) groups excluding carboxylic acids is 1. The molecule has 1 aromatic heterocycles. The van der Waals surface area contributed by atoms with Gasteiger partial charge >= 0.3 is 0 Å². The molecule has 5 heteroatoms. The van der Waals surface area contributed by atoms with Crippen molar-refractivity contribution in [3.8, 4) is 5.75 Å². The number of nitrogens with one attached hydrogen (secondary N) is 1. The molecule has 1 amide bonds. The summed E-state index contributed by atoms with van der Waals surface area (Å²) in [6.45, 7) is 0. The lowest BCUT2D eigenvalue weighted by Crippen LogP contribution is -2.12. The maximum absolute atomic E-state index is 12.2. The van der Waals surface area contributed by atoms with Crippen LogP contribution in [0.2, 0.25) is 0 Å². The predicted octanol–water partition coefficient (Wildman–Crippen LogP) is 3.28. The second-order valence-electron chi connectivity index (χ2n) is 4.50. The Balaban J connectivity index is 1.76. The highest BCUT2D eigenvalue weighted by atomic mass is 32.1. The zero-order valence-corrected chi connectivity index (χ0v) is 11.4. The molecule has 1 aliphatic rings. The van der Waals surface area contributed by atoms with E-state index in [1.54, 1.807) is 30.6 Å². The highest BCUT2D eigenvalue weighted by molar-refractivity contribution is 7.15. The van der Waals surface area contributed by atoms with E-state index in [2.05, 4.69) is 10.3 Å². The Morgan fingerprint density at radius 2 is 2.21 bits per heavy atom. The van der Waals surface area contributed by atoms with Crippen molar-refractivity contribution in [3.05, 3.63) is 40.9 Å². The summed E-state index contributed by atoms with van der Waals surface area (Å²) in [5, 5.41) is 3.48. The molecule has 4 nitrogen and oxygen atoms in total. The zero-order chi connectivity index (χ0) is 13.2. The Morgan fingerprint density at radius 1 is 1.42 bits per heavy atom. The molecule has 0 atom stereocenters. The number of para-hydroxylation sites is 1. The Kier molecular flexibility index (Phi) is 3.21. The number of anilines is 1. The summed E-state index contributed by atoms with van der Waals surface area (Å²) >= 11 is 1.56. The Bertz CT molecular complexity index is 605. The van der Waals surface area contributed by atoms with Crippen LogP contribution in [0.4, 0.5) is 5.13 Å². The van der Waals surface area contributed by atoms with Gasteiger partial charge in [0.1, 0.15) is 5.75 Å². The van der Waals surface area contributed by atoms with Gasteiger partial charge in [-0.2, -0.15) is 0 Å². The third kappa shape index (κ3) is 2.61. The van der Waals surface area contributed by atoms with E-state index < -0.39 is 0 Å². The van der Waals surface area contributed by atoms with Gasteiger partial charge in [0.2, 0.25) is 0 Å². The summed E-state index contributed by atoms with van der Waals surface area (Å²) < 4.78 is 5.18. The number of rotatable bonds is 4. The minimum absolute atomic E-state index is 0.186. The fraction of sp³-hybridized carbons (Fsp3) is 0.286. The lowest BCUT2D eigenvalue weighted by Gasteiger charge is -2.06. The predicted molar refractivity (Wildman–Crippen MR) is 75.0 cm³/mol. The van der Waals surface area contributed by atoms with Crippen molar-refractivity contribution >= 4 is 22.4 Å². The number of hydrogen-bond donors (Lipinski definition) is 1. The monoisotopic (exact) mass is 274 g/mol. The van der Waals surface area contributed by atoms with Crippen molar-refractivity contribution in [2.45, 2.75) is 18.8 Å². The third-order valence-corrected chi connectivity index (χ3v) is 4.15. The Labute approximate surface area is 115 Å². The molecule has 0 bridgehead atoms. The van der Waals surface area contributed by atoms with Crippen LogP contribution in [-0.2, 0) is 0 Å². The van der Waals surface area contributed by atoms with Crippen LogP contribution in [0.1, 0.15) is 34.0 Å². The number of benzene rings is 1. The summed E-state index contributed by atoms with van der Waals surface area (Å²) in [7, 11) is 1.56. The fourth-order valence-corrected chi connectivity index (χ4v) is 2.88. The van der Waals surface area contributed by atoms with E-state index in [4.69, 9.17) is 4.74 Å². The topological polar surface area (TPSA) is 51.2 Å². The van der Waals surface area contributed by atoms with Crippen molar-refractivity contribution in [1.29, 1.82) is 0 Å². The number of amides is 1. The fourth-order valence-electron chi connectivity index (χ4n) is 1.90. The van der Waals surface area contributed by atoms with Crippen LogP contribution in [0.15, 0.2) is 30.5 Å². The molecule has 1 aromatic carbocycles. The van der Waals surface area contributed by atoms with Crippen molar-refractivity contribution in [1.82, 2.24) is 4.98 Å². The van der Waals surface area contributed by atoms with Gasteiger partial charge in [0.05, 0.1) is 12.7 Å². The van der Waals surface area contributed by atoms with Crippen molar-refractivity contribution in [2.75, 3.05) is 12.4 Å². The molecule has 3 rings (SSSR count). The Morgan fingerprint density at radius 3 is 2.95 bits per heavy atom. The maximum Gasteiger partial charge on any atom is 0.261 e. The third-order valence-electron chi connectivity index (χ3n) is 3.08. The molecule has 1 saturated carbocycles. The average molecular weight is 274 g/mol. The van der Waals surface area contributed by atoms with Gasteiger partial charge in [0.25, 0.3) is 5.91 Å². The molecule has 1 heterocycles. The summed E-state index contributed by atoms with van der Waals surface area (Å²) in [6.07, 6.45) is 4.34. The lowest BCUT2D eigenvalue weighted by molar-refractivity contribution is 0.102. The van der Waals surface area contributed by atoms with Gasteiger partial charge in [-0.3, -0.25) is 10.1 Å². The average Bonchev–Trinajstić information content (AvgIpc) is 3.19. The summed E-state index contributed by atoms with van der Waals surface area (Å²) in [5.74, 6) is 1.04. The summed E-state index contributed by atoms with van der Waals surface area (Å²) in [6, 6.07) is 7.16. The molecule has 1 N–H and O–H groups in total. The second-order valence-corrected chi connectivity index (χ2v) is 5.56. The number of methoxy groups -OCH3 is 1. The van der Waals surface area contributed by atoms with Crippen LogP contribution in [0.3, 0.4) is 0 Å². The standard InChI is InChI=1S/C14H14N2O2S/c1-18-11-5-3-2-4-10(11)13(17)16-14-15-8-12(19-14)9-6-7-9/h2-5,8-9H,6-7H2,1H3,(H,15,16,17). The van der Waals surface area contributed by atoms with Gasteiger partial charge in [-0.1, -0.05) is 12.1 Å². The maximum atomic E-state index is 12.2. The van der Waals surface area contributed by atoms with Gasteiger partial charge < -0.3 is 4.74 Å². The van der Waals surface area contributed by atoms with Crippen molar-refractivity contribution < 1.29 is 9.53 Å². The number of thiazole rings is 1. The van der Waals surface area contributed by atoms with E-state index >= 15 is 0 Å². The summed E-state index contributed by atoms with van der Waals surface area (Å²) in [5.41, 5.74) is 0.521. The number of hydrogen-bond acceptors (Lipinski definition) is 4. The van der Waals surface area contributed by atoms with Gasteiger partial charge in [-0.25, -0.2) is 4.98 Å². The molecule has 0 saturated heterocycles. The van der Waals surface area contributed by atoms with Crippen LogP contribution >= 0.6 is 11.3 Å². The van der Waals surface area contributed by atoms with E-state index in [0.717, 1.165) is 0 Å². The first-order valence-electron chi connectivity index (χ1n) is 6.18. The van der Waals surface area contributed by atoms with E-state index in [9.17, 15) is 4.79 Å². The van der Waals surface area contributed by atoms with Gasteiger partial charge in [-0.05, 0) is 30.9 Å². The van der Waals surface area contributed by atoms with Gasteiger partial charge in [0.15, 0.2) is 5.13 Å². The second kappa shape index (κ2) is 5.01. The lowest BCUT2D eigenvalue weighted by atomic mass is 10.2. The van der Waals surface area contributed by atoms with E-state index in [-0.39, 0.29) is 5.91 Å². The largest absolute Gasteiger partial charge is 0.496 e. The van der Waals surface area contributed by atoms with E-state index in [0.29, 0.717) is 22.4 Å². The molecule has 0 aliphatic heterocycles. The SMILES string of the molecule is COc1ccccc1C(=O)Nc1ncc(C2CC2)s1. The quantitative estimate of drug-likeness (QED) is 0.930. The molecular formula is C14H14N2O2S. The first-order valence-corrected chi connectivity index (χ1v) is 6.99. The number of carbonyl (C=O) groups is 1. The van der Waals surface area contributed by atoms with Crippen LogP contribution in [-0.4, -0.2) is 18.0 Å². The highest BCUT2D eigenvalue weighted by Gasteiger charge is 2.26. The molecule has 2 aromatic rings. The first-order chi connectivity index (χ1) is 9.28. The number of aromatic nitrogens is 1. The summed E-state index contributed by atoms with van der Waals surface area (Å²) in [4.78, 5) is 17.7. The van der Waals surface area contributed by atoms with Crippen LogP contribution in [0.25, 0.3) is 0 Å². The molecule has 19 heavy (non-hydrogen) atoms. The molecule has 0 radical (unpaired) electrons. The molecule has 98 valence electrons. The minimum Gasteiger partial charge on any atom is -0.496 e. The molecule has 0 spiro atoms. The number of ether oxygens (including phenoxy) is 1. The molecule has 0 unspecified atom stereocenters.